The number of unbranched alkanes of at least 4 members (excludes halogenated alkanes) is 3. The lowest BCUT2D eigenvalue weighted by Gasteiger charge is -2.37. The number of rotatable bonds is 11. The minimum absolute atomic E-state index is 0.0244. The lowest BCUT2D eigenvalue weighted by molar-refractivity contribution is -0.701. The van der Waals surface area contributed by atoms with Gasteiger partial charge in [0, 0.05) is 5.41 Å². The topological polar surface area (TPSA) is 19.7 Å². The Morgan fingerprint density at radius 3 is 2.24 bits per heavy atom. The number of hydrogen-bond acceptors (Lipinski definition) is 0. The molecule has 0 saturated carbocycles. The molecule has 1 heterocycles. The highest BCUT2D eigenvalue weighted by atomic mass is 15.1. The van der Waals surface area contributed by atoms with Gasteiger partial charge in [-0.2, -0.15) is 0 Å². The summed E-state index contributed by atoms with van der Waals surface area (Å²) in [6, 6.07) is 22.1. The van der Waals surface area contributed by atoms with E-state index in [2.05, 4.69) is 103 Å². The highest BCUT2D eigenvalue weighted by molar-refractivity contribution is 5.32. The van der Waals surface area contributed by atoms with Gasteiger partial charge >= 0.3 is 0 Å². The molecular formula is C27H37N2+. The fourth-order valence-electron chi connectivity index (χ4n) is 4.75. The molecule has 0 spiro atoms. The van der Waals surface area contributed by atoms with Gasteiger partial charge in [-0.1, -0.05) is 100 Å². The van der Waals surface area contributed by atoms with Crippen molar-refractivity contribution < 1.29 is 4.57 Å². The summed E-state index contributed by atoms with van der Waals surface area (Å²) in [5, 5.41) is 0. The average molecular weight is 390 g/mol. The van der Waals surface area contributed by atoms with Crippen molar-refractivity contribution in [3.63, 3.8) is 0 Å². The smallest absolute Gasteiger partial charge is 0.247 e. The first-order valence-electron chi connectivity index (χ1n) is 11.3. The van der Waals surface area contributed by atoms with E-state index in [1.165, 1.54) is 49.1 Å². The van der Waals surface area contributed by atoms with E-state index in [0.29, 0.717) is 5.92 Å². The molecule has 0 bridgehead atoms. The molecule has 29 heavy (non-hydrogen) atoms. The van der Waals surface area contributed by atoms with Crippen molar-refractivity contribution >= 4 is 0 Å². The summed E-state index contributed by atoms with van der Waals surface area (Å²) in [6.07, 6.45) is 11.7. The number of imidazole rings is 1. The minimum Gasteiger partial charge on any atom is -0.247 e. The Balaban J connectivity index is 2.03. The van der Waals surface area contributed by atoms with E-state index in [9.17, 15) is 0 Å². The van der Waals surface area contributed by atoms with Gasteiger partial charge in [-0.3, -0.25) is 0 Å². The predicted octanol–water partition coefficient (Wildman–Crippen LogP) is 6.58. The summed E-state index contributed by atoms with van der Waals surface area (Å²) >= 11 is 0. The summed E-state index contributed by atoms with van der Waals surface area (Å²) in [5.74, 6) is 1.81. The predicted molar refractivity (Wildman–Crippen MR) is 122 cm³/mol. The number of aryl methyl sites for hydroxylation is 1. The molecule has 1 N–H and O–H groups in total. The number of aromatic nitrogens is 2. The molecule has 2 atom stereocenters. The average Bonchev–Trinajstić information content (AvgIpc) is 3.23. The third-order valence-corrected chi connectivity index (χ3v) is 6.43. The summed E-state index contributed by atoms with van der Waals surface area (Å²) in [6.45, 7) is 8.00. The van der Waals surface area contributed by atoms with Gasteiger partial charge in [0.25, 0.3) is 5.82 Å². The lowest BCUT2D eigenvalue weighted by Crippen LogP contribution is -2.43. The molecule has 0 aliphatic carbocycles. The maximum atomic E-state index is 3.62. The minimum atomic E-state index is 0.0244. The second-order valence-corrected chi connectivity index (χ2v) is 8.48. The molecule has 3 rings (SSSR count). The third kappa shape index (κ3) is 5.18. The molecule has 1 aromatic heterocycles. The van der Waals surface area contributed by atoms with Crippen LogP contribution in [0.25, 0.3) is 0 Å². The van der Waals surface area contributed by atoms with Gasteiger partial charge in [0.1, 0.15) is 12.4 Å². The number of H-pyrrole nitrogens is 1. The Morgan fingerprint density at radius 1 is 0.897 bits per heavy atom. The van der Waals surface area contributed by atoms with Crippen molar-refractivity contribution in [2.75, 3.05) is 0 Å². The number of nitrogens with one attached hydrogen (secondary N) is 1. The van der Waals surface area contributed by atoms with Gasteiger partial charge in [-0.15, -0.1) is 0 Å². The quantitative estimate of drug-likeness (QED) is 0.282. The SMILES string of the molecule is CCCCCCC(c1[nH]cc[n+]1CC)C(C)(Cc1ccccc1)c1ccccc1. The largest absolute Gasteiger partial charge is 0.258 e. The lowest BCUT2D eigenvalue weighted by atomic mass is 9.66. The van der Waals surface area contributed by atoms with Crippen LogP contribution in [0.15, 0.2) is 73.1 Å². The van der Waals surface area contributed by atoms with Crippen LogP contribution in [-0.4, -0.2) is 4.98 Å². The van der Waals surface area contributed by atoms with Crippen LogP contribution in [0, 0.1) is 0 Å². The van der Waals surface area contributed by atoms with E-state index in [4.69, 9.17) is 0 Å². The van der Waals surface area contributed by atoms with E-state index in [1.807, 2.05) is 0 Å². The number of nitrogens with zero attached hydrogens (tertiary/aromatic N) is 1. The van der Waals surface area contributed by atoms with Gasteiger partial charge < -0.3 is 0 Å². The Labute approximate surface area is 177 Å². The third-order valence-electron chi connectivity index (χ3n) is 6.43. The van der Waals surface area contributed by atoms with Crippen LogP contribution >= 0.6 is 0 Å². The zero-order valence-corrected chi connectivity index (χ0v) is 18.4. The molecule has 0 aliphatic heterocycles. The normalized spacial score (nSPS) is 14.4. The molecule has 0 amide bonds. The fourth-order valence-corrected chi connectivity index (χ4v) is 4.75. The fraction of sp³-hybridized carbons (Fsp3) is 0.444. The first-order chi connectivity index (χ1) is 14.2. The maximum absolute atomic E-state index is 3.62. The van der Waals surface area contributed by atoms with Gasteiger partial charge in [-0.05, 0) is 30.9 Å². The zero-order chi connectivity index (χ0) is 20.5. The zero-order valence-electron chi connectivity index (χ0n) is 18.4. The first kappa shape index (κ1) is 21.4. The van der Waals surface area contributed by atoms with E-state index >= 15 is 0 Å². The molecule has 2 aromatic carbocycles. The van der Waals surface area contributed by atoms with Crippen molar-refractivity contribution in [3.8, 4) is 0 Å². The van der Waals surface area contributed by atoms with Crippen molar-refractivity contribution in [3.05, 3.63) is 90.0 Å². The second kappa shape index (κ2) is 10.4. The summed E-state index contributed by atoms with van der Waals surface area (Å²) in [4.78, 5) is 3.62. The Hall–Kier alpha value is -2.35. The Bertz CT molecular complexity index is 837. The van der Waals surface area contributed by atoms with Crippen LogP contribution in [0.2, 0.25) is 0 Å². The standard InChI is InChI=1S/C27H36N2/c1-4-6-7-14-19-25(26-28-20-21-29(26)5-2)27(3,24-17-12-9-13-18-24)22-23-15-10-8-11-16-23/h8-13,15-18,20-21,25H,4-7,14,19,22H2,1-3H3/p+1. The molecule has 2 unspecified atom stereocenters. The van der Waals surface area contributed by atoms with E-state index in [1.54, 1.807) is 0 Å². The molecule has 2 nitrogen and oxygen atoms in total. The van der Waals surface area contributed by atoms with Crippen LogP contribution in [0.3, 0.4) is 0 Å². The molecule has 0 radical (unpaired) electrons. The number of benzene rings is 2. The summed E-state index contributed by atoms with van der Waals surface area (Å²) < 4.78 is 2.40. The molecule has 0 aliphatic rings. The second-order valence-electron chi connectivity index (χ2n) is 8.48. The Kier molecular flexibility index (Phi) is 7.69. The molecule has 154 valence electrons. The van der Waals surface area contributed by atoms with Crippen LogP contribution in [-0.2, 0) is 18.4 Å². The van der Waals surface area contributed by atoms with Crippen LogP contribution in [0.1, 0.15) is 75.7 Å². The molecular weight excluding hydrogens is 352 g/mol. The monoisotopic (exact) mass is 389 g/mol. The highest BCUT2D eigenvalue weighted by Crippen LogP contribution is 2.43. The number of hydrogen-bond donors (Lipinski definition) is 1. The van der Waals surface area contributed by atoms with Crippen LogP contribution in [0.4, 0.5) is 0 Å². The van der Waals surface area contributed by atoms with Crippen molar-refractivity contribution in [1.82, 2.24) is 4.98 Å². The number of aromatic amines is 1. The van der Waals surface area contributed by atoms with Gasteiger partial charge in [0.05, 0.1) is 12.5 Å². The van der Waals surface area contributed by atoms with Gasteiger partial charge in [-0.25, -0.2) is 9.55 Å². The van der Waals surface area contributed by atoms with Crippen molar-refractivity contribution in [2.45, 2.75) is 77.2 Å². The highest BCUT2D eigenvalue weighted by Gasteiger charge is 2.41. The maximum Gasteiger partial charge on any atom is 0.258 e. The molecule has 2 heteroatoms. The first-order valence-corrected chi connectivity index (χ1v) is 11.3. The Morgan fingerprint density at radius 2 is 1.59 bits per heavy atom. The van der Waals surface area contributed by atoms with Crippen LogP contribution < -0.4 is 4.57 Å². The summed E-state index contributed by atoms with van der Waals surface area (Å²) in [5.41, 5.74) is 2.87. The molecule has 0 saturated heterocycles. The molecule has 3 aromatic rings. The van der Waals surface area contributed by atoms with Crippen LogP contribution in [0.5, 0.6) is 0 Å². The van der Waals surface area contributed by atoms with Crippen molar-refractivity contribution in [1.29, 1.82) is 0 Å². The van der Waals surface area contributed by atoms with E-state index in [0.717, 1.165) is 13.0 Å². The van der Waals surface area contributed by atoms with Gasteiger partial charge in [0.15, 0.2) is 0 Å². The molecule has 0 fully saturated rings. The summed E-state index contributed by atoms with van der Waals surface area (Å²) in [7, 11) is 0. The van der Waals surface area contributed by atoms with E-state index < -0.39 is 0 Å². The van der Waals surface area contributed by atoms with Gasteiger partial charge in [0.2, 0.25) is 0 Å². The van der Waals surface area contributed by atoms with Crippen molar-refractivity contribution in [2.24, 2.45) is 0 Å². The van der Waals surface area contributed by atoms with E-state index in [-0.39, 0.29) is 5.41 Å².